The predicted octanol–water partition coefficient (Wildman–Crippen LogP) is 3.05. The number of pyridine rings is 1. The summed E-state index contributed by atoms with van der Waals surface area (Å²) in [6.07, 6.45) is 1.86. The Hall–Kier alpha value is -1.62. The Labute approximate surface area is 142 Å². The van der Waals surface area contributed by atoms with Crippen LogP contribution in [0.5, 0.6) is 5.75 Å². The maximum Gasteiger partial charge on any atom is 0.124 e. The highest BCUT2D eigenvalue weighted by Crippen LogP contribution is 2.36. The van der Waals surface area contributed by atoms with E-state index in [1.165, 1.54) is 5.56 Å². The number of hydrogen-bond donors (Lipinski definition) is 1. The highest BCUT2D eigenvalue weighted by Gasteiger charge is 2.28. The SMILES string of the molecule is COc1ccc(Cl)cc1C(c1ncccc1C)N1CCNCC1. The van der Waals surface area contributed by atoms with Gasteiger partial charge >= 0.3 is 0 Å². The van der Waals surface area contributed by atoms with Gasteiger partial charge in [-0.25, -0.2) is 0 Å². The van der Waals surface area contributed by atoms with Crippen molar-refractivity contribution in [1.29, 1.82) is 0 Å². The van der Waals surface area contributed by atoms with Crippen LogP contribution in [-0.4, -0.2) is 43.2 Å². The number of piperazine rings is 1. The van der Waals surface area contributed by atoms with Crippen molar-refractivity contribution in [2.75, 3.05) is 33.3 Å². The molecule has 1 aromatic carbocycles. The van der Waals surface area contributed by atoms with E-state index in [0.717, 1.165) is 48.2 Å². The first-order valence-electron chi connectivity index (χ1n) is 7.90. The molecule has 1 fully saturated rings. The molecule has 1 aliphatic rings. The van der Waals surface area contributed by atoms with Crippen LogP contribution in [0.25, 0.3) is 0 Å². The molecule has 5 heteroatoms. The average molecular weight is 332 g/mol. The van der Waals surface area contributed by atoms with Gasteiger partial charge in [0.1, 0.15) is 5.75 Å². The zero-order valence-corrected chi connectivity index (χ0v) is 14.3. The molecule has 0 radical (unpaired) electrons. The van der Waals surface area contributed by atoms with Gasteiger partial charge in [0, 0.05) is 43.0 Å². The fourth-order valence-electron chi connectivity index (χ4n) is 3.16. The van der Waals surface area contributed by atoms with Crippen LogP contribution >= 0.6 is 11.6 Å². The number of nitrogens with one attached hydrogen (secondary N) is 1. The number of rotatable bonds is 4. The van der Waals surface area contributed by atoms with Gasteiger partial charge in [0.05, 0.1) is 18.8 Å². The molecule has 0 saturated carbocycles. The molecule has 4 nitrogen and oxygen atoms in total. The average Bonchev–Trinajstić information content (AvgIpc) is 2.58. The molecule has 1 atom stereocenters. The zero-order valence-electron chi connectivity index (χ0n) is 13.6. The summed E-state index contributed by atoms with van der Waals surface area (Å²) in [6, 6.07) is 9.93. The minimum absolute atomic E-state index is 0.0481. The van der Waals surface area contributed by atoms with Gasteiger partial charge in [0.15, 0.2) is 0 Å². The molecular weight excluding hydrogens is 310 g/mol. The van der Waals surface area contributed by atoms with Crippen molar-refractivity contribution in [3.05, 3.63) is 58.4 Å². The van der Waals surface area contributed by atoms with Crippen molar-refractivity contribution in [1.82, 2.24) is 15.2 Å². The van der Waals surface area contributed by atoms with Gasteiger partial charge < -0.3 is 10.1 Å². The topological polar surface area (TPSA) is 37.4 Å². The Morgan fingerprint density at radius 3 is 2.74 bits per heavy atom. The van der Waals surface area contributed by atoms with Crippen molar-refractivity contribution < 1.29 is 4.74 Å². The molecule has 2 aromatic rings. The quantitative estimate of drug-likeness (QED) is 0.934. The van der Waals surface area contributed by atoms with Gasteiger partial charge in [-0.15, -0.1) is 0 Å². The van der Waals surface area contributed by atoms with E-state index in [0.29, 0.717) is 0 Å². The van der Waals surface area contributed by atoms with Crippen LogP contribution in [0.2, 0.25) is 5.02 Å². The number of benzene rings is 1. The molecule has 0 aliphatic carbocycles. The number of aryl methyl sites for hydroxylation is 1. The number of hydrogen-bond acceptors (Lipinski definition) is 4. The highest BCUT2D eigenvalue weighted by atomic mass is 35.5. The van der Waals surface area contributed by atoms with Crippen molar-refractivity contribution in [3.8, 4) is 5.75 Å². The van der Waals surface area contributed by atoms with Crippen LogP contribution in [0.15, 0.2) is 36.5 Å². The van der Waals surface area contributed by atoms with Crippen LogP contribution in [0.1, 0.15) is 22.9 Å². The summed E-state index contributed by atoms with van der Waals surface area (Å²) in [5.41, 5.74) is 3.32. The third-order valence-corrected chi connectivity index (χ3v) is 4.55. The second kappa shape index (κ2) is 7.30. The number of ether oxygens (including phenoxy) is 1. The van der Waals surface area contributed by atoms with E-state index in [1.807, 2.05) is 30.5 Å². The molecule has 2 heterocycles. The lowest BCUT2D eigenvalue weighted by molar-refractivity contribution is 0.192. The third kappa shape index (κ3) is 3.50. The van der Waals surface area contributed by atoms with E-state index in [4.69, 9.17) is 16.3 Å². The van der Waals surface area contributed by atoms with Crippen molar-refractivity contribution >= 4 is 11.6 Å². The van der Waals surface area contributed by atoms with Crippen LogP contribution in [0.4, 0.5) is 0 Å². The highest BCUT2D eigenvalue weighted by molar-refractivity contribution is 6.30. The zero-order chi connectivity index (χ0) is 16.2. The number of nitrogens with zero attached hydrogens (tertiary/aromatic N) is 2. The molecule has 122 valence electrons. The van der Waals surface area contributed by atoms with E-state index >= 15 is 0 Å². The maximum atomic E-state index is 6.28. The molecule has 0 spiro atoms. The number of halogens is 1. The Kier molecular flexibility index (Phi) is 5.16. The number of aromatic nitrogens is 1. The standard InChI is InChI=1S/C18H22ClN3O/c1-13-4-3-7-21-17(13)18(22-10-8-20-9-11-22)15-12-14(19)5-6-16(15)23-2/h3-7,12,18,20H,8-11H2,1-2H3. The summed E-state index contributed by atoms with van der Waals surface area (Å²) in [4.78, 5) is 7.12. The molecule has 23 heavy (non-hydrogen) atoms. The van der Waals surface area contributed by atoms with Crippen LogP contribution in [0.3, 0.4) is 0 Å². The van der Waals surface area contributed by atoms with Gasteiger partial charge in [-0.05, 0) is 36.8 Å². The second-order valence-electron chi connectivity index (χ2n) is 5.78. The Balaban J connectivity index is 2.12. The summed E-state index contributed by atoms with van der Waals surface area (Å²) >= 11 is 6.28. The molecule has 1 aliphatic heterocycles. The van der Waals surface area contributed by atoms with Gasteiger partial charge in [-0.3, -0.25) is 9.88 Å². The summed E-state index contributed by atoms with van der Waals surface area (Å²) in [7, 11) is 1.70. The lowest BCUT2D eigenvalue weighted by Gasteiger charge is -2.36. The van der Waals surface area contributed by atoms with E-state index < -0.39 is 0 Å². The van der Waals surface area contributed by atoms with Gasteiger partial charge in [0.25, 0.3) is 0 Å². The molecule has 0 amide bonds. The fraction of sp³-hybridized carbons (Fsp3) is 0.389. The lowest BCUT2D eigenvalue weighted by Crippen LogP contribution is -2.45. The van der Waals surface area contributed by atoms with E-state index in [-0.39, 0.29) is 6.04 Å². The smallest absolute Gasteiger partial charge is 0.124 e. The van der Waals surface area contributed by atoms with E-state index in [2.05, 4.69) is 28.2 Å². The molecule has 0 bridgehead atoms. The summed E-state index contributed by atoms with van der Waals surface area (Å²) in [5.74, 6) is 0.850. The molecule has 3 rings (SSSR count). The summed E-state index contributed by atoms with van der Waals surface area (Å²) in [6.45, 7) is 6.00. The number of methoxy groups -OCH3 is 1. The predicted molar refractivity (Wildman–Crippen MR) is 93.3 cm³/mol. The summed E-state index contributed by atoms with van der Waals surface area (Å²) in [5, 5.41) is 4.12. The second-order valence-corrected chi connectivity index (χ2v) is 6.22. The van der Waals surface area contributed by atoms with Gasteiger partial charge in [0.2, 0.25) is 0 Å². The lowest BCUT2D eigenvalue weighted by atomic mass is 9.96. The molecule has 1 unspecified atom stereocenters. The fourth-order valence-corrected chi connectivity index (χ4v) is 3.34. The van der Waals surface area contributed by atoms with Crippen LogP contribution < -0.4 is 10.1 Å². The minimum Gasteiger partial charge on any atom is -0.496 e. The molecule has 1 saturated heterocycles. The van der Waals surface area contributed by atoms with Crippen LogP contribution in [0, 0.1) is 6.92 Å². The summed E-state index contributed by atoms with van der Waals surface area (Å²) < 4.78 is 5.60. The Morgan fingerprint density at radius 2 is 2.04 bits per heavy atom. The monoisotopic (exact) mass is 331 g/mol. The molecule has 1 aromatic heterocycles. The normalized spacial score (nSPS) is 17.0. The Morgan fingerprint density at radius 1 is 1.26 bits per heavy atom. The first kappa shape index (κ1) is 16.2. The Bertz CT molecular complexity index is 671. The minimum atomic E-state index is 0.0481. The maximum absolute atomic E-state index is 6.28. The molecular formula is C18H22ClN3O. The van der Waals surface area contributed by atoms with Crippen molar-refractivity contribution in [2.24, 2.45) is 0 Å². The largest absolute Gasteiger partial charge is 0.496 e. The van der Waals surface area contributed by atoms with E-state index in [1.54, 1.807) is 7.11 Å². The van der Waals surface area contributed by atoms with Crippen molar-refractivity contribution in [2.45, 2.75) is 13.0 Å². The first-order chi connectivity index (χ1) is 11.2. The molecule has 1 N–H and O–H groups in total. The van der Waals surface area contributed by atoms with Gasteiger partial charge in [-0.1, -0.05) is 17.7 Å². The first-order valence-corrected chi connectivity index (χ1v) is 8.28. The van der Waals surface area contributed by atoms with Gasteiger partial charge in [-0.2, -0.15) is 0 Å². The third-order valence-electron chi connectivity index (χ3n) is 4.31. The van der Waals surface area contributed by atoms with Crippen molar-refractivity contribution in [3.63, 3.8) is 0 Å². The van der Waals surface area contributed by atoms with Crippen LogP contribution in [-0.2, 0) is 0 Å². The van der Waals surface area contributed by atoms with E-state index in [9.17, 15) is 0 Å².